The number of Topliss-reactive ketones (excluding diaryl/α,β-unsaturated/α-hetero) is 2. The normalized spacial score (nSPS) is 25.0. The SMILES string of the molecule is CCCC[C@H]1C(=O)N(C)[C@@H](CCCC)C(=O)N[C@@H](CCCN)C(=O)N[C@H](C(=O)CCC(N)=O)CSCC(=O)N[C@@H](Cc2ccc(OC)cc2)C(=O)N(C)[C@@H](C)C(=O)N[C@@H](CC(N)=O)C(=O)N2CCC[C@H]2C(=O)N[C@@H](CN)C(=O)N[C@@H](CCC(=O)O)C(=O)N2C[C@H](O)C[C@H]2C(=O)N[C@@H](Cc2c[nH]c3ccccc23)C(=O)C[C@@H](CC(=O)O)C(=O)N[C@@H](Cc2c[nH]c3ccccc23)C(=O)N1C. The number of nitrogens with zero attached hydrogens (tertiary/aromatic N) is 5. The van der Waals surface area contributed by atoms with Crippen molar-refractivity contribution in [2.45, 2.75) is 240 Å². The number of ketones is 2. The minimum atomic E-state index is -1.86. The van der Waals surface area contributed by atoms with Gasteiger partial charge in [-0.25, -0.2) is 0 Å². The molecule has 2 aromatic heterocycles. The van der Waals surface area contributed by atoms with Crippen molar-refractivity contribution in [3.63, 3.8) is 0 Å². The Morgan fingerprint density at radius 1 is 0.511 bits per heavy atom. The Kier molecular flexibility index (Phi) is 40.2. The van der Waals surface area contributed by atoms with Crippen molar-refractivity contribution >= 4 is 146 Å². The summed E-state index contributed by atoms with van der Waals surface area (Å²) in [6, 6.07) is -0.423. The first-order valence-corrected chi connectivity index (χ1v) is 45.7. The third kappa shape index (κ3) is 29.5. The fourth-order valence-corrected chi connectivity index (χ4v) is 17.4. The molecule has 3 aromatic carbocycles. The summed E-state index contributed by atoms with van der Waals surface area (Å²) >= 11 is 0.816. The Morgan fingerprint density at radius 3 is 1.65 bits per heavy atom. The zero-order valence-electron chi connectivity index (χ0n) is 75.8. The van der Waals surface area contributed by atoms with Crippen LogP contribution < -0.4 is 70.2 Å². The zero-order valence-corrected chi connectivity index (χ0v) is 76.6. The zero-order chi connectivity index (χ0) is 97.6. The van der Waals surface area contributed by atoms with Gasteiger partial charge < -0.3 is 120 Å². The molecule has 3 aliphatic rings. The molecule has 15 atom stereocenters. The maximum Gasteiger partial charge on any atom is 0.304 e. The van der Waals surface area contributed by atoms with Gasteiger partial charge in [0, 0.05) is 132 Å². The first-order chi connectivity index (χ1) is 63.3. The van der Waals surface area contributed by atoms with Gasteiger partial charge in [0.2, 0.25) is 88.6 Å². The number of H-pyrrole nitrogens is 2. The second-order valence-electron chi connectivity index (χ2n) is 33.8. The van der Waals surface area contributed by atoms with Gasteiger partial charge in [-0.3, -0.25) is 91.1 Å². The number of carbonyl (C=O) groups is 19. The lowest BCUT2D eigenvalue weighted by Gasteiger charge is -2.36. The molecule has 5 heterocycles. The molecule has 15 amide bonds. The summed E-state index contributed by atoms with van der Waals surface area (Å²) in [4.78, 5) is 286. The lowest BCUT2D eigenvalue weighted by atomic mass is 9.91. The number of aromatic amines is 2. The predicted octanol–water partition coefficient (Wildman–Crippen LogP) is -1.53. The van der Waals surface area contributed by atoms with E-state index in [9.17, 15) is 72.9 Å². The third-order valence-electron chi connectivity index (χ3n) is 24.2. The maximum absolute atomic E-state index is 15.8. The number of ether oxygens (including phenoxy) is 1. The van der Waals surface area contributed by atoms with E-state index in [4.69, 9.17) is 27.7 Å². The number of hydrogen-bond donors (Lipinski definition) is 17. The van der Waals surface area contributed by atoms with Crippen molar-refractivity contribution in [3.8, 4) is 5.75 Å². The minimum Gasteiger partial charge on any atom is -0.497 e. The van der Waals surface area contributed by atoms with E-state index in [1.165, 1.54) is 35.2 Å². The van der Waals surface area contributed by atoms with Gasteiger partial charge in [0.1, 0.15) is 72.2 Å². The van der Waals surface area contributed by atoms with Crippen molar-refractivity contribution in [3.05, 3.63) is 102 Å². The minimum absolute atomic E-state index is 0.0000203. The molecule has 0 spiro atoms. The number of aliphatic carboxylic acids is 2. The molecule has 724 valence electrons. The predicted molar refractivity (Wildman–Crippen MR) is 486 cm³/mol. The number of thioether (sulfide) groups is 1. The molecule has 0 radical (unpaired) electrons. The van der Waals surface area contributed by atoms with Crippen LogP contribution in [0.4, 0.5) is 0 Å². The molecule has 3 saturated heterocycles. The number of rotatable bonds is 28. The van der Waals surface area contributed by atoms with Gasteiger partial charge in [-0.2, -0.15) is 0 Å². The molecule has 3 aliphatic heterocycles. The van der Waals surface area contributed by atoms with Gasteiger partial charge in [0.15, 0.2) is 11.6 Å². The number of aliphatic hydroxyl groups is 1. The standard InChI is InChI=1S/C90H125N19O23S/c1-8-10-23-68-83(124)98-60(22-16-34-91)81(122)104-67(72(111)31-32-74(93)113)47-133-48-76(115)97-63(36-50-26-28-55(132-7)29-27-50)86(127)105(4)49(3)79(120)101-65(42-75(94)114)89(130)108-35-17-25-69(108)84(125)103-66(43-92)82(123)99-61(30-33-77(116)117)88(129)109-46-54(110)41-71(109)85(126)100-62(37-52-44-95-58-20-14-12-18-56(52)58)73(112)39-51(40-78(118)119)80(121)102-64(38-53-45-96-59-21-15-13-19-57(53)59)87(128)107(6)70(24-11-9-2)90(131)106(68)5/h12-15,18-21,26-29,44-45,49,51,54,60-71,95-96,110H,8-11,16-17,22-25,30-43,46-48,91-92H2,1-7H3,(H2,93,113)(H2,94,114)(H,97,115)(H,98,124)(H,99,123)(H,100,126)(H,101,120)(H,102,121)(H,103,125)(H,104,122)(H,116,117)(H,118,119)/t49-,51-,54+,60-,61-,62-,63-,64-,65-,66-,67-,68-,69-,70-,71-/m0/s1. The summed E-state index contributed by atoms with van der Waals surface area (Å²) in [5.41, 5.74) is 25.9. The van der Waals surface area contributed by atoms with E-state index >= 15 is 33.6 Å². The number of carboxylic acids is 2. The van der Waals surface area contributed by atoms with Crippen molar-refractivity contribution < 1.29 is 111 Å². The average molecular weight is 1870 g/mol. The highest BCUT2D eigenvalue weighted by Gasteiger charge is 2.47. The number of carboxylic acid groups (broad SMARTS) is 2. The first kappa shape index (κ1) is 105. The number of amides is 15. The van der Waals surface area contributed by atoms with Crippen LogP contribution in [0.1, 0.15) is 153 Å². The van der Waals surface area contributed by atoms with Crippen LogP contribution in [0.15, 0.2) is 85.2 Å². The highest BCUT2D eigenvalue weighted by molar-refractivity contribution is 8.00. The topological polar surface area (TPSA) is 642 Å². The van der Waals surface area contributed by atoms with E-state index in [1.807, 2.05) is 13.8 Å². The number of primary amides is 2. The summed E-state index contributed by atoms with van der Waals surface area (Å²) in [7, 11) is 5.31. The molecule has 5 aromatic rings. The number of methoxy groups -OCH3 is 1. The molecule has 0 bridgehead atoms. The van der Waals surface area contributed by atoms with Crippen LogP contribution in [0.5, 0.6) is 5.75 Å². The van der Waals surface area contributed by atoms with Gasteiger partial charge in [0.05, 0.1) is 49.8 Å². The van der Waals surface area contributed by atoms with Crippen LogP contribution in [0.2, 0.25) is 0 Å². The summed E-state index contributed by atoms with van der Waals surface area (Å²) in [5, 5.41) is 54.0. The van der Waals surface area contributed by atoms with Gasteiger partial charge in [-0.1, -0.05) is 88.1 Å². The number of unbranched alkanes of at least 4 members (excludes halogenated alkanes) is 2. The number of likely N-dealkylation sites (N-methyl/N-ethyl adjacent to an activating group) is 3. The van der Waals surface area contributed by atoms with Crippen LogP contribution in [-0.2, 0) is 110 Å². The number of nitrogens with two attached hydrogens (primary N) is 4. The number of para-hydroxylation sites is 2. The molecule has 3 fully saturated rings. The fourth-order valence-electron chi connectivity index (χ4n) is 16.5. The highest BCUT2D eigenvalue weighted by Crippen LogP contribution is 2.29. The molecule has 8 rings (SSSR count). The van der Waals surface area contributed by atoms with E-state index in [2.05, 4.69) is 52.5 Å². The fraction of sp³-hybridized carbons (Fsp3) is 0.544. The molecule has 0 saturated carbocycles. The molecule has 0 unspecified atom stereocenters. The molecule has 21 N–H and O–H groups in total. The third-order valence-corrected chi connectivity index (χ3v) is 25.2. The largest absolute Gasteiger partial charge is 0.497 e. The Morgan fingerprint density at radius 2 is 1.06 bits per heavy atom. The lowest BCUT2D eigenvalue weighted by molar-refractivity contribution is -0.150. The van der Waals surface area contributed by atoms with Gasteiger partial charge >= 0.3 is 11.9 Å². The van der Waals surface area contributed by atoms with E-state index in [0.717, 1.165) is 36.3 Å². The second kappa shape index (κ2) is 50.6. The lowest BCUT2D eigenvalue weighted by Crippen LogP contribution is -2.61. The average Bonchev–Trinajstić information content (AvgIpc) is 1.76. The molecule has 133 heavy (non-hydrogen) atoms. The number of hydrogen-bond acceptors (Lipinski definition) is 24. The number of nitrogens with one attached hydrogen (secondary N) is 10. The number of aliphatic hydroxyl groups excluding tert-OH is 1. The van der Waals surface area contributed by atoms with Gasteiger partial charge in [-0.15, -0.1) is 11.8 Å². The first-order valence-electron chi connectivity index (χ1n) is 44.6. The number of aromatic nitrogens is 2. The Labute approximate surface area is 772 Å². The van der Waals surface area contributed by atoms with Crippen LogP contribution in [0.25, 0.3) is 21.8 Å². The monoisotopic (exact) mass is 1870 g/mol. The van der Waals surface area contributed by atoms with E-state index < -0.39 is 273 Å². The van der Waals surface area contributed by atoms with E-state index in [-0.39, 0.29) is 76.6 Å². The quantitative estimate of drug-likeness (QED) is 0.0270. The van der Waals surface area contributed by atoms with Crippen LogP contribution in [0.3, 0.4) is 0 Å². The smallest absolute Gasteiger partial charge is 0.304 e. The van der Waals surface area contributed by atoms with Crippen LogP contribution in [-0.4, -0.2) is 312 Å². The summed E-state index contributed by atoms with van der Waals surface area (Å²) in [6.07, 6.45) is -3.41. The van der Waals surface area contributed by atoms with Crippen molar-refractivity contribution in [1.82, 2.24) is 77.0 Å². The summed E-state index contributed by atoms with van der Waals surface area (Å²) in [6.45, 7) is 3.45. The molecular weight excluding hydrogens is 1750 g/mol. The van der Waals surface area contributed by atoms with Gasteiger partial charge in [0.25, 0.3) is 0 Å². The molecule has 43 heteroatoms. The number of carbonyl (C=O) groups excluding carboxylic acids is 17. The Bertz CT molecular complexity index is 5030. The summed E-state index contributed by atoms with van der Waals surface area (Å²) < 4.78 is 5.33. The summed E-state index contributed by atoms with van der Waals surface area (Å²) in [5.74, 6) is -21.6. The van der Waals surface area contributed by atoms with Crippen molar-refractivity contribution in [1.29, 1.82) is 0 Å². The number of fused-ring (bicyclic) bond motifs is 4. The Hall–Kier alpha value is -12.9. The Balaban J connectivity index is 1.20. The van der Waals surface area contributed by atoms with E-state index in [0.29, 0.717) is 69.9 Å². The maximum atomic E-state index is 15.8. The van der Waals surface area contributed by atoms with Gasteiger partial charge in [-0.05, 0) is 99.4 Å². The molecular formula is C90H125N19O23S. The van der Waals surface area contributed by atoms with Crippen molar-refractivity contribution in [2.24, 2.45) is 28.9 Å². The van der Waals surface area contributed by atoms with Crippen LogP contribution in [0, 0.1) is 5.92 Å². The van der Waals surface area contributed by atoms with E-state index in [1.54, 1.807) is 85.2 Å². The molecule has 42 nitrogen and oxygen atoms in total. The molecule has 0 aliphatic carbocycles. The highest BCUT2D eigenvalue weighted by atomic mass is 32.2. The van der Waals surface area contributed by atoms with Crippen LogP contribution >= 0.6 is 11.8 Å². The number of benzene rings is 3. The van der Waals surface area contributed by atoms with Crippen molar-refractivity contribution in [2.75, 3.05) is 65.9 Å². The second-order valence-corrected chi connectivity index (χ2v) is 34.9.